The van der Waals surface area contributed by atoms with Gasteiger partial charge in [0, 0.05) is 17.5 Å². The number of ketones is 3. The molecule has 2 aromatic carbocycles. The van der Waals surface area contributed by atoms with Crippen molar-refractivity contribution in [1.29, 1.82) is 0 Å². The third-order valence-electron chi connectivity index (χ3n) is 4.06. The zero-order valence-electron chi connectivity index (χ0n) is 14.2. The van der Waals surface area contributed by atoms with Gasteiger partial charge in [-0.2, -0.15) is 0 Å². The SMILES string of the molecule is CC(=O)CC(O)(C(=O)c1ccccc1)C(O)C(O)C(=O)c1ccccc1. The number of carbonyl (C=O) groups excluding carboxylic acids is 3. The van der Waals surface area contributed by atoms with Crippen molar-refractivity contribution >= 4 is 17.3 Å². The maximum Gasteiger partial charge on any atom is 0.197 e. The van der Waals surface area contributed by atoms with Gasteiger partial charge >= 0.3 is 0 Å². The second-order valence-electron chi connectivity index (χ2n) is 6.12. The minimum absolute atomic E-state index is 0.0506. The third kappa shape index (κ3) is 4.11. The van der Waals surface area contributed by atoms with E-state index in [0.717, 1.165) is 6.92 Å². The van der Waals surface area contributed by atoms with Crippen molar-refractivity contribution in [2.45, 2.75) is 31.2 Å². The van der Waals surface area contributed by atoms with Gasteiger partial charge in [0.2, 0.25) is 0 Å². The summed E-state index contributed by atoms with van der Waals surface area (Å²) in [6, 6.07) is 15.3. The van der Waals surface area contributed by atoms with E-state index in [1.807, 2.05) is 0 Å². The third-order valence-corrected chi connectivity index (χ3v) is 4.06. The quantitative estimate of drug-likeness (QED) is 0.613. The molecule has 3 N–H and O–H groups in total. The van der Waals surface area contributed by atoms with Crippen LogP contribution < -0.4 is 0 Å². The minimum atomic E-state index is -2.63. The van der Waals surface area contributed by atoms with Gasteiger partial charge in [0.05, 0.1) is 0 Å². The molecule has 0 saturated heterocycles. The maximum absolute atomic E-state index is 12.7. The van der Waals surface area contributed by atoms with Crippen molar-refractivity contribution in [3.63, 3.8) is 0 Å². The number of benzene rings is 2. The topological polar surface area (TPSA) is 112 Å². The van der Waals surface area contributed by atoms with Crippen LogP contribution in [0.1, 0.15) is 34.1 Å². The highest BCUT2D eigenvalue weighted by atomic mass is 16.4. The van der Waals surface area contributed by atoms with Gasteiger partial charge in [-0.05, 0) is 6.92 Å². The van der Waals surface area contributed by atoms with E-state index in [1.54, 1.807) is 36.4 Å². The highest BCUT2D eigenvalue weighted by molar-refractivity contribution is 6.06. The Balaban J connectivity index is 2.37. The van der Waals surface area contributed by atoms with Crippen molar-refractivity contribution in [3.8, 4) is 0 Å². The molecule has 0 aliphatic rings. The number of Topliss-reactive ketones (excluding diaryl/α,β-unsaturated/α-hetero) is 3. The molecule has 0 saturated carbocycles. The molecule has 0 fully saturated rings. The first kappa shape index (κ1) is 19.7. The Kier molecular flexibility index (Phi) is 6.15. The Bertz CT molecular complexity index is 786. The van der Waals surface area contributed by atoms with E-state index < -0.39 is 41.6 Å². The molecule has 0 bridgehead atoms. The van der Waals surface area contributed by atoms with E-state index in [-0.39, 0.29) is 11.1 Å². The van der Waals surface area contributed by atoms with Crippen molar-refractivity contribution in [1.82, 2.24) is 0 Å². The van der Waals surface area contributed by atoms with Crippen molar-refractivity contribution in [3.05, 3.63) is 71.8 Å². The van der Waals surface area contributed by atoms with Gasteiger partial charge in [-0.25, -0.2) is 0 Å². The fourth-order valence-electron chi connectivity index (χ4n) is 2.72. The molecule has 3 unspecified atom stereocenters. The summed E-state index contributed by atoms with van der Waals surface area (Å²) in [5.74, 6) is -2.38. The Hall–Kier alpha value is -2.67. The summed E-state index contributed by atoms with van der Waals surface area (Å²) < 4.78 is 0. The number of rotatable bonds is 8. The van der Waals surface area contributed by atoms with E-state index in [4.69, 9.17) is 0 Å². The molecule has 0 heterocycles. The summed E-state index contributed by atoms with van der Waals surface area (Å²) in [6.07, 6.45) is -4.98. The van der Waals surface area contributed by atoms with E-state index in [2.05, 4.69) is 0 Å². The fourth-order valence-corrected chi connectivity index (χ4v) is 2.72. The van der Waals surface area contributed by atoms with Crippen LogP contribution in [0, 0.1) is 0 Å². The highest BCUT2D eigenvalue weighted by Gasteiger charge is 2.49. The number of carbonyl (C=O) groups is 3. The first-order valence-electron chi connectivity index (χ1n) is 8.04. The number of hydrogen-bond donors (Lipinski definition) is 3. The number of aliphatic hydroxyl groups excluding tert-OH is 2. The van der Waals surface area contributed by atoms with Crippen LogP contribution in [-0.2, 0) is 4.79 Å². The molecule has 2 rings (SSSR count). The van der Waals surface area contributed by atoms with E-state index >= 15 is 0 Å². The van der Waals surface area contributed by atoms with Gasteiger partial charge in [-0.15, -0.1) is 0 Å². The highest BCUT2D eigenvalue weighted by Crippen LogP contribution is 2.26. The van der Waals surface area contributed by atoms with Crippen LogP contribution in [0.15, 0.2) is 60.7 Å². The predicted octanol–water partition coefficient (Wildman–Crippen LogP) is 1.18. The molecule has 0 aromatic heterocycles. The monoisotopic (exact) mass is 356 g/mol. The van der Waals surface area contributed by atoms with E-state index in [1.165, 1.54) is 24.3 Å². The van der Waals surface area contributed by atoms with Crippen LogP contribution in [0.25, 0.3) is 0 Å². The number of aliphatic hydroxyl groups is 3. The molecule has 3 atom stereocenters. The second kappa shape index (κ2) is 8.14. The van der Waals surface area contributed by atoms with Crippen molar-refractivity contribution < 1.29 is 29.7 Å². The lowest BCUT2D eigenvalue weighted by atomic mass is 9.80. The zero-order valence-corrected chi connectivity index (χ0v) is 14.2. The summed E-state index contributed by atoms with van der Waals surface area (Å²) in [5, 5.41) is 31.5. The average molecular weight is 356 g/mol. The first-order chi connectivity index (χ1) is 12.3. The molecular formula is C20H20O6. The lowest BCUT2D eigenvalue weighted by Crippen LogP contribution is -2.57. The van der Waals surface area contributed by atoms with Gasteiger partial charge in [-0.1, -0.05) is 60.7 Å². The van der Waals surface area contributed by atoms with Gasteiger partial charge in [-0.3, -0.25) is 14.4 Å². The fraction of sp³-hybridized carbons (Fsp3) is 0.250. The van der Waals surface area contributed by atoms with Crippen LogP contribution in [-0.4, -0.2) is 50.5 Å². The lowest BCUT2D eigenvalue weighted by molar-refractivity contribution is -0.130. The van der Waals surface area contributed by atoms with Crippen LogP contribution in [0.3, 0.4) is 0 Å². The van der Waals surface area contributed by atoms with Crippen molar-refractivity contribution in [2.24, 2.45) is 0 Å². The molecule has 2 aromatic rings. The van der Waals surface area contributed by atoms with Crippen LogP contribution in [0.2, 0.25) is 0 Å². The molecule has 0 radical (unpaired) electrons. The molecular weight excluding hydrogens is 336 g/mol. The summed E-state index contributed by atoms with van der Waals surface area (Å²) in [6.45, 7) is 1.14. The summed E-state index contributed by atoms with van der Waals surface area (Å²) in [5.41, 5.74) is -2.47. The summed E-state index contributed by atoms with van der Waals surface area (Å²) in [4.78, 5) is 36.7. The Labute approximate surface area is 150 Å². The Morgan fingerprint density at radius 2 is 1.35 bits per heavy atom. The standard InChI is InChI=1S/C20H20O6/c1-13(21)12-20(26,18(24)15-10-6-3-7-11-15)19(25)17(23)16(22)14-8-4-2-5-9-14/h2-11,17,19,23,25-26H,12H2,1H3. The zero-order chi connectivity index (χ0) is 19.3. The molecule has 6 heteroatoms. The van der Waals surface area contributed by atoms with Gasteiger partial charge in [0.25, 0.3) is 0 Å². The van der Waals surface area contributed by atoms with Crippen LogP contribution >= 0.6 is 0 Å². The molecule has 26 heavy (non-hydrogen) atoms. The normalized spacial score (nSPS) is 15.5. The van der Waals surface area contributed by atoms with Crippen LogP contribution in [0.5, 0.6) is 0 Å². The first-order valence-corrected chi connectivity index (χ1v) is 8.04. The largest absolute Gasteiger partial charge is 0.386 e. The van der Waals surface area contributed by atoms with Gasteiger partial charge in [0.1, 0.15) is 18.0 Å². The molecule has 0 aliphatic carbocycles. The molecule has 0 aliphatic heterocycles. The van der Waals surface area contributed by atoms with Crippen molar-refractivity contribution in [2.75, 3.05) is 0 Å². The van der Waals surface area contributed by atoms with Crippen LogP contribution in [0.4, 0.5) is 0 Å². The minimum Gasteiger partial charge on any atom is -0.386 e. The Morgan fingerprint density at radius 3 is 1.81 bits per heavy atom. The molecule has 136 valence electrons. The average Bonchev–Trinajstić information content (AvgIpc) is 2.66. The molecule has 0 spiro atoms. The number of hydrogen-bond acceptors (Lipinski definition) is 6. The van der Waals surface area contributed by atoms with E-state index in [9.17, 15) is 29.7 Å². The van der Waals surface area contributed by atoms with Gasteiger partial charge in [0.15, 0.2) is 17.2 Å². The predicted molar refractivity (Wildman–Crippen MR) is 93.8 cm³/mol. The molecule has 6 nitrogen and oxygen atoms in total. The van der Waals surface area contributed by atoms with E-state index in [0.29, 0.717) is 0 Å². The summed E-state index contributed by atoms with van der Waals surface area (Å²) in [7, 11) is 0. The lowest BCUT2D eigenvalue weighted by Gasteiger charge is -2.33. The Morgan fingerprint density at radius 1 is 0.885 bits per heavy atom. The maximum atomic E-state index is 12.7. The molecule has 0 amide bonds. The van der Waals surface area contributed by atoms with Gasteiger partial charge < -0.3 is 15.3 Å². The smallest absolute Gasteiger partial charge is 0.197 e. The second-order valence-corrected chi connectivity index (χ2v) is 6.12. The summed E-state index contributed by atoms with van der Waals surface area (Å²) >= 11 is 0.